The second kappa shape index (κ2) is 6.55. The Morgan fingerprint density at radius 1 is 1.61 bits per heavy atom. The summed E-state index contributed by atoms with van der Waals surface area (Å²) in [4.78, 5) is 11.4. The van der Waals surface area contributed by atoms with E-state index in [9.17, 15) is 9.18 Å². The lowest BCUT2D eigenvalue weighted by Gasteiger charge is -2.07. The van der Waals surface area contributed by atoms with E-state index < -0.39 is 5.82 Å². The highest BCUT2D eigenvalue weighted by molar-refractivity contribution is 5.98. The van der Waals surface area contributed by atoms with E-state index >= 15 is 0 Å². The van der Waals surface area contributed by atoms with Gasteiger partial charge in [-0.2, -0.15) is 0 Å². The number of carbonyl (C=O) groups is 1. The number of methoxy groups -OCH3 is 1. The Balaban J connectivity index is 2.77. The largest absolute Gasteiger partial charge is 0.409 e. The van der Waals surface area contributed by atoms with Crippen molar-refractivity contribution in [2.24, 2.45) is 10.9 Å². The van der Waals surface area contributed by atoms with Gasteiger partial charge < -0.3 is 21.0 Å². The van der Waals surface area contributed by atoms with E-state index in [0.717, 1.165) is 6.07 Å². The Labute approximate surface area is 103 Å². The maximum absolute atomic E-state index is 13.6. The Hall–Kier alpha value is -2.15. The monoisotopic (exact) mass is 255 g/mol. The van der Waals surface area contributed by atoms with E-state index in [1.807, 2.05) is 0 Å². The lowest BCUT2D eigenvalue weighted by molar-refractivity contribution is -0.117. The molecular weight excluding hydrogens is 241 g/mol. The van der Waals surface area contributed by atoms with Crippen LogP contribution in [0.5, 0.6) is 0 Å². The average molecular weight is 255 g/mol. The fourth-order valence-electron chi connectivity index (χ4n) is 1.24. The van der Waals surface area contributed by atoms with Crippen LogP contribution in [-0.2, 0) is 9.53 Å². The maximum Gasteiger partial charge on any atom is 0.226 e. The first-order chi connectivity index (χ1) is 8.58. The smallest absolute Gasteiger partial charge is 0.226 e. The van der Waals surface area contributed by atoms with Crippen molar-refractivity contribution >= 4 is 17.4 Å². The van der Waals surface area contributed by atoms with Gasteiger partial charge in [0.1, 0.15) is 5.82 Å². The highest BCUT2D eigenvalue weighted by atomic mass is 19.1. The van der Waals surface area contributed by atoms with E-state index in [4.69, 9.17) is 15.7 Å². The minimum absolute atomic E-state index is 0.0330. The minimum Gasteiger partial charge on any atom is -0.409 e. The van der Waals surface area contributed by atoms with Crippen molar-refractivity contribution in [3.8, 4) is 0 Å². The minimum atomic E-state index is -0.662. The number of amidine groups is 1. The molecule has 0 bridgehead atoms. The molecule has 1 aromatic carbocycles. The van der Waals surface area contributed by atoms with Gasteiger partial charge in [-0.25, -0.2) is 4.39 Å². The van der Waals surface area contributed by atoms with Crippen LogP contribution in [0.3, 0.4) is 0 Å². The summed E-state index contributed by atoms with van der Waals surface area (Å²) in [6.45, 7) is 0.260. The standard InChI is InChI=1S/C11H14FN3O3/c1-18-5-4-10(16)14-9-3-2-7(6-8(9)12)11(13)15-17/h2-3,6,17H,4-5H2,1H3,(H2,13,15)(H,14,16). The summed E-state index contributed by atoms with van der Waals surface area (Å²) < 4.78 is 18.3. The summed E-state index contributed by atoms with van der Waals surface area (Å²) in [5.74, 6) is -1.22. The lowest BCUT2D eigenvalue weighted by atomic mass is 10.2. The molecule has 0 fully saturated rings. The number of nitrogens with one attached hydrogen (secondary N) is 1. The summed E-state index contributed by atoms with van der Waals surface area (Å²) in [5, 5.41) is 13.6. The van der Waals surface area contributed by atoms with E-state index in [1.165, 1.54) is 19.2 Å². The second-order valence-electron chi connectivity index (χ2n) is 3.47. The van der Waals surface area contributed by atoms with Gasteiger partial charge >= 0.3 is 0 Å². The molecule has 7 heteroatoms. The molecule has 1 rings (SSSR count). The van der Waals surface area contributed by atoms with Crippen LogP contribution < -0.4 is 11.1 Å². The molecule has 1 amide bonds. The first-order valence-corrected chi connectivity index (χ1v) is 5.14. The van der Waals surface area contributed by atoms with Crippen LogP contribution in [0, 0.1) is 5.82 Å². The fourth-order valence-corrected chi connectivity index (χ4v) is 1.24. The number of ether oxygens (including phenoxy) is 1. The van der Waals surface area contributed by atoms with Crippen LogP contribution in [0.15, 0.2) is 23.4 Å². The molecule has 0 saturated heterocycles. The van der Waals surface area contributed by atoms with E-state index in [1.54, 1.807) is 0 Å². The van der Waals surface area contributed by atoms with Crippen molar-refractivity contribution in [1.29, 1.82) is 0 Å². The SMILES string of the molecule is COCCC(=O)Nc1ccc(/C(N)=N/O)cc1F. The Morgan fingerprint density at radius 3 is 2.89 bits per heavy atom. The van der Waals surface area contributed by atoms with Gasteiger partial charge in [0.2, 0.25) is 5.91 Å². The maximum atomic E-state index is 13.6. The molecular formula is C11H14FN3O3. The number of nitrogens with zero attached hydrogens (tertiary/aromatic N) is 1. The van der Waals surface area contributed by atoms with Gasteiger partial charge in [0, 0.05) is 12.7 Å². The summed E-state index contributed by atoms with van der Waals surface area (Å²) >= 11 is 0. The highest BCUT2D eigenvalue weighted by Crippen LogP contribution is 2.16. The van der Waals surface area contributed by atoms with E-state index in [0.29, 0.717) is 0 Å². The first-order valence-electron chi connectivity index (χ1n) is 5.14. The predicted octanol–water partition coefficient (Wildman–Crippen LogP) is 0.895. The molecule has 4 N–H and O–H groups in total. The molecule has 0 aliphatic heterocycles. The zero-order valence-electron chi connectivity index (χ0n) is 9.81. The molecule has 1 aromatic rings. The summed E-state index contributed by atoms with van der Waals surface area (Å²) in [6.07, 6.45) is 0.137. The number of hydrogen-bond acceptors (Lipinski definition) is 4. The van der Waals surface area contributed by atoms with Crippen molar-refractivity contribution in [3.63, 3.8) is 0 Å². The van der Waals surface area contributed by atoms with Gasteiger partial charge in [0.15, 0.2) is 5.84 Å². The van der Waals surface area contributed by atoms with Gasteiger partial charge in [-0.15, -0.1) is 0 Å². The predicted molar refractivity (Wildman–Crippen MR) is 64.0 cm³/mol. The zero-order valence-corrected chi connectivity index (χ0v) is 9.81. The number of carbonyl (C=O) groups excluding carboxylic acids is 1. The van der Waals surface area contributed by atoms with Gasteiger partial charge in [-0.3, -0.25) is 4.79 Å². The second-order valence-corrected chi connectivity index (χ2v) is 3.47. The average Bonchev–Trinajstić information content (AvgIpc) is 2.37. The van der Waals surface area contributed by atoms with Gasteiger partial charge in [-0.1, -0.05) is 5.16 Å². The highest BCUT2D eigenvalue weighted by Gasteiger charge is 2.09. The van der Waals surface area contributed by atoms with Crippen LogP contribution in [-0.4, -0.2) is 30.7 Å². The number of benzene rings is 1. The molecule has 6 nitrogen and oxygen atoms in total. The number of anilines is 1. The third-order valence-electron chi connectivity index (χ3n) is 2.18. The Bertz CT molecular complexity index is 463. The van der Waals surface area contributed by atoms with Crippen LogP contribution in [0.25, 0.3) is 0 Å². The van der Waals surface area contributed by atoms with Crippen LogP contribution in [0.4, 0.5) is 10.1 Å². The molecule has 0 atom stereocenters. The molecule has 0 aromatic heterocycles. The van der Waals surface area contributed by atoms with Crippen LogP contribution in [0.1, 0.15) is 12.0 Å². The zero-order chi connectivity index (χ0) is 13.5. The third kappa shape index (κ3) is 3.70. The molecule has 0 radical (unpaired) electrons. The third-order valence-corrected chi connectivity index (χ3v) is 2.18. The quantitative estimate of drug-likeness (QED) is 0.315. The number of rotatable bonds is 5. The number of hydrogen-bond donors (Lipinski definition) is 3. The van der Waals surface area contributed by atoms with E-state index in [2.05, 4.69) is 10.5 Å². The van der Waals surface area contributed by atoms with Crippen molar-refractivity contribution in [2.45, 2.75) is 6.42 Å². The van der Waals surface area contributed by atoms with Crippen molar-refractivity contribution in [2.75, 3.05) is 19.0 Å². The fraction of sp³-hybridized carbons (Fsp3) is 0.273. The van der Waals surface area contributed by atoms with E-state index in [-0.39, 0.29) is 36.0 Å². The van der Waals surface area contributed by atoms with Crippen molar-refractivity contribution in [3.05, 3.63) is 29.6 Å². The number of halogens is 1. The Kier molecular flexibility index (Phi) is 5.06. The molecule has 0 heterocycles. The molecule has 0 spiro atoms. The normalized spacial score (nSPS) is 11.3. The molecule has 0 saturated carbocycles. The van der Waals surface area contributed by atoms with Crippen LogP contribution in [0.2, 0.25) is 0 Å². The molecule has 0 unspecified atom stereocenters. The summed E-state index contributed by atoms with van der Waals surface area (Å²) in [5.41, 5.74) is 5.57. The van der Waals surface area contributed by atoms with Crippen LogP contribution >= 0.6 is 0 Å². The number of oxime groups is 1. The number of amides is 1. The van der Waals surface area contributed by atoms with Gasteiger partial charge in [-0.05, 0) is 18.2 Å². The molecule has 0 aliphatic carbocycles. The van der Waals surface area contributed by atoms with Gasteiger partial charge in [0.25, 0.3) is 0 Å². The summed E-state index contributed by atoms with van der Waals surface area (Å²) in [7, 11) is 1.47. The van der Waals surface area contributed by atoms with Crippen molar-refractivity contribution in [1.82, 2.24) is 0 Å². The topological polar surface area (TPSA) is 96.9 Å². The lowest BCUT2D eigenvalue weighted by Crippen LogP contribution is -2.16. The Morgan fingerprint density at radius 2 is 2.33 bits per heavy atom. The molecule has 98 valence electrons. The van der Waals surface area contributed by atoms with Crippen molar-refractivity contribution < 1.29 is 19.1 Å². The molecule has 18 heavy (non-hydrogen) atoms. The van der Waals surface area contributed by atoms with Gasteiger partial charge in [0.05, 0.1) is 18.7 Å². The number of nitrogens with two attached hydrogens (primary N) is 1. The summed E-state index contributed by atoms with van der Waals surface area (Å²) in [6, 6.07) is 3.85. The molecule has 0 aliphatic rings. The first kappa shape index (κ1) is 13.9.